The van der Waals surface area contributed by atoms with E-state index in [9.17, 15) is 33.2 Å². The van der Waals surface area contributed by atoms with Gasteiger partial charge in [0.15, 0.2) is 11.6 Å². The first kappa shape index (κ1) is 28.5. The van der Waals surface area contributed by atoms with Gasteiger partial charge in [0.2, 0.25) is 17.4 Å². The highest BCUT2D eigenvalue weighted by Crippen LogP contribution is 2.67. The Morgan fingerprint density at radius 3 is 2.61 bits per heavy atom. The molecule has 14 heteroatoms. The number of carbonyl (C=O) groups is 4. The molecule has 0 bridgehead atoms. The van der Waals surface area contributed by atoms with Gasteiger partial charge in [-0.05, 0) is 30.4 Å². The highest BCUT2D eigenvalue weighted by molar-refractivity contribution is 6.01. The molecule has 1 aliphatic carbocycles. The predicted octanol–water partition coefficient (Wildman–Crippen LogP) is 2.06. The molecule has 3 aliphatic heterocycles. The molecule has 2 saturated heterocycles. The number of pyridine rings is 1. The summed E-state index contributed by atoms with van der Waals surface area (Å²) in [6.45, 7) is 4.67. The molecule has 3 fully saturated rings. The van der Waals surface area contributed by atoms with E-state index in [-0.39, 0.29) is 43.9 Å². The summed E-state index contributed by atoms with van der Waals surface area (Å²) in [5.74, 6) is -4.47. The zero-order chi connectivity index (χ0) is 30.0. The van der Waals surface area contributed by atoms with Gasteiger partial charge in [0, 0.05) is 31.0 Å². The van der Waals surface area contributed by atoms with Crippen LogP contribution in [0.3, 0.4) is 0 Å². The van der Waals surface area contributed by atoms with Crippen LogP contribution in [0.15, 0.2) is 18.3 Å². The van der Waals surface area contributed by atoms with Gasteiger partial charge in [-0.1, -0.05) is 20.8 Å². The number of ether oxygens (including phenoxy) is 2. The summed E-state index contributed by atoms with van der Waals surface area (Å²) in [4.78, 5) is 59.7. The summed E-state index contributed by atoms with van der Waals surface area (Å²) in [7, 11) is 1.15. The second kappa shape index (κ2) is 9.53. The van der Waals surface area contributed by atoms with E-state index in [2.05, 4.69) is 20.4 Å². The molecule has 1 aromatic heterocycles. The van der Waals surface area contributed by atoms with Gasteiger partial charge in [-0.3, -0.25) is 14.4 Å². The first-order valence-electron chi connectivity index (χ1n) is 13.4. The van der Waals surface area contributed by atoms with Crippen LogP contribution in [0.4, 0.5) is 19.4 Å². The highest BCUT2D eigenvalue weighted by Gasteiger charge is 2.73. The molecule has 2 spiro atoms. The first-order valence-corrected chi connectivity index (χ1v) is 13.4. The van der Waals surface area contributed by atoms with E-state index in [4.69, 9.17) is 4.74 Å². The van der Waals surface area contributed by atoms with E-state index < -0.39 is 70.7 Å². The van der Waals surface area contributed by atoms with Crippen molar-refractivity contribution in [2.45, 2.75) is 76.1 Å². The molecule has 41 heavy (non-hydrogen) atoms. The number of nitrogens with zero attached hydrogens (tertiary/aromatic N) is 4. The SMILES string of the molecule is COC(=O)N[C@H](C(=O)N1CC[C@@]2(C[C@H]1C(=O)N1C[C@@]3(C[C@H]1C#N)Oc1cccnc1NC3=O)CC2(F)F)C(C)(C)C. The summed E-state index contributed by atoms with van der Waals surface area (Å²) < 4.78 is 39.8. The van der Waals surface area contributed by atoms with E-state index in [0.29, 0.717) is 0 Å². The van der Waals surface area contributed by atoms with Crippen LogP contribution < -0.4 is 15.4 Å². The van der Waals surface area contributed by atoms with E-state index in [0.717, 1.165) is 12.0 Å². The number of alkyl carbamates (subject to hydrolysis) is 1. The number of piperidine rings is 1. The number of nitriles is 1. The molecule has 0 aromatic carbocycles. The number of fused-ring (bicyclic) bond motifs is 1. The monoisotopic (exact) mass is 574 g/mol. The minimum absolute atomic E-state index is 0.0223. The quantitative estimate of drug-likeness (QED) is 0.556. The number of hydrogen-bond donors (Lipinski definition) is 2. The summed E-state index contributed by atoms with van der Waals surface area (Å²) in [6.07, 6.45) is -0.292. The largest absolute Gasteiger partial charge is 0.472 e. The summed E-state index contributed by atoms with van der Waals surface area (Å²) in [5.41, 5.74) is -3.86. The van der Waals surface area contributed by atoms with Gasteiger partial charge in [-0.15, -0.1) is 0 Å². The molecule has 5 rings (SSSR count). The number of anilines is 1. The highest BCUT2D eigenvalue weighted by atomic mass is 19.3. The van der Waals surface area contributed by atoms with Crippen LogP contribution in [0.25, 0.3) is 0 Å². The molecular formula is C27H32F2N6O6. The molecule has 12 nitrogen and oxygen atoms in total. The van der Waals surface area contributed by atoms with E-state index in [1.807, 2.05) is 6.07 Å². The molecule has 0 unspecified atom stereocenters. The van der Waals surface area contributed by atoms with Crippen molar-refractivity contribution in [3.8, 4) is 11.8 Å². The topological polar surface area (TPSA) is 154 Å². The van der Waals surface area contributed by atoms with Gasteiger partial charge >= 0.3 is 6.09 Å². The summed E-state index contributed by atoms with van der Waals surface area (Å²) in [6, 6.07) is 1.64. The summed E-state index contributed by atoms with van der Waals surface area (Å²) in [5, 5.41) is 15.1. The maximum absolute atomic E-state index is 14.6. The van der Waals surface area contributed by atoms with Crippen molar-refractivity contribution >= 4 is 29.6 Å². The fraction of sp³-hybridized carbons (Fsp3) is 0.630. The average Bonchev–Trinajstić information content (AvgIpc) is 3.25. The third kappa shape index (κ3) is 4.70. The van der Waals surface area contributed by atoms with Crippen LogP contribution in [0.2, 0.25) is 0 Å². The second-order valence-electron chi connectivity index (χ2n) is 12.3. The first-order chi connectivity index (χ1) is 19.2. The lowest BCUT2D eigenvalue weighted by atomic mass is 9.82. The van der Waals surface area contributed by atoms with E-state index >= 15 is 0 Å². The number of hydrogen-bond acceptors (Lipinski definition) is 8. The molecule has 5 atom stereocenters. The third-order valence-electron chi connectivity index (χ3n) is 8.61. The van der Waals surface area contributed by atoms with Gasteiger partial charge in [0.05, 0.1) is 19.7 Å². The number of carbonyl (C=O) groups excluding carboxylic acids is 4. The molecule has 2 N–H and O–H groups in total. The molecule has 4 amide bonds. The van der Waals surface area contributed by atoms with E-state index in [1.165, 1.54) is 11.1 Å². The lowest BCUT2D eigenvalue weighted by Gasteiger charge is -2.44. The van der Waals surface area contributed by atoms with Crippen molar-refractivity contribution < 1.29 is 37.4 Å². The molecule has 4 aliphatic rings. The minimum atomic E-state index is -2.99. The number of rotatable bonds is 3. The maximum Gasteiger partial charge on any atom is 0.407 e. The Kier molecular flexibility index (Phi) is 6.62. The van der Waals surface area contributed by atoms with Gasteiger partial charge in [0.1, 0.15) is 18.1 Å². The molecule has 4 heterocycles. The minimum Gasteiger partial charge on any atom is -0.472 e. The Labute approximate surface area is 235 Å². The number of methoxy groups -OCH3 is 1. The lowest BCUT2D eigenvalue weighted by molar-refractivity contribution is -0.153. The van der Waals surface area contributed by atoms with Crippen LogP contribution >= 0.6 is 0 Å². The fourth-order valence-corrected chi connectivity index (χ4v) is 6.12. The Hall–Kier alpha value is -4.02. The van der Waals surface area contributed by atoms with Crippen LogP contribution in [0.1, 0.15) is 46.5 Å². The van der Waals surface area contributed by atoms with Crippen LogP contribution in [0.5, 0.6) is 5.75 Å². The third-order valence-corrected chi connectivity index (χ3v) is 8.61. The zero-order valence-electron chi connectivity index (χ0n) is 23.2. The predicted molar refractivity (Wildman–Crippen MR) is 137 cm³/mol. The number of nitrogens with one attached hydrogen (secondary N) is 2. The maximum atomic E-state index is 14.6. The van der Waals surface area contributed by atoms with Crippen molar-refractivity contribution in [3.05, 3.63) is 18.3 Å². The Balaban J connectivity index is 1.46. The number of aromatic nitrogens is 1. The summed E-state index contributed by atoms with van der Waals surface area (Å²) >= 11 is 0. The molecule has 220 valence electrons. The van der Waals surface area contributed by atoms with E-state index in [1.54, 1.807) is 32.9 Å². The van der Waals surface area contributed by atoms with Crippen molar-refractivity contribution in [3.63, 3.8) is 0 Å². The fourth-order valence-electron chi connectivity index (χ4n) is 6.12. The molecular weight excluding hydrogens is 542 g/mol. The molecule has 1 saturated carbocycles. The Morgan fingerprint density at radius 1 is 1.29 bits per heavy atom. The normalized spacial score (nSPS) is 30.5. The number of likely N-dealkylation sites (tertiary alicyclic amines) is 2. The van der Waals surface area contributed by atoms with Gasteiger partial charge in [-0.2, -0.15) is 5.26 Å². The smallest absolute Gasteiger partial charge is 0.407 e. The van der Waals surface area contributed by atoms with Crippen LogP contribution in [-0.2, 0) is 19.1 Å². The Bertz CT molecular complexity index is 1340. The van der Waals surface area contributed by atoms with Crippen LogP contribution in [-0.4, -0.2) is 88.4 Å². The zero-order valence-corrected chi connectivity index (χ0v) is 23.2. The number of halogens is 2. The molecule has 1 aromatic rings. The van der Waals surface area contributed by atoms with Crippen molar-refractivity contribution in [2.75, 3.05) is 25.5 Å². The van der Waals surface area contributed by atoms with Crippen molar-refractivity contribution in [1.29, 1.82) is 5.26 Å². The van der Waals surface area contributed by atoms with Crippen LogP contribution in [0, 0.1) is 22.2 Å². The second-order valence-corrected chi connectivity index (χ2v) is 12.3. The van der Waals surface area contributed by atoms with Crippen molar-refractivity contribution in [1.82, 2.24) is 20.1 Å². The van der Waals surface area contributed by atoms with Gasteiger partial charge < -0.3 is 29.9 Å². The molecule has 0 radical (unpaired) electrons. The lowest BCUT2D eigenvalue weighted by Crippen LogP contribution is -2.62. The number of alkyl halides is 2. The Morgan fingerprint density at radius 2 is 2.00 bits per heavy atom. The van der Waals surface area contributed by atoms with Gasteiger partial charge in [0.25, 0.3) is 11.8 Å². The van der Waals surface area contributed by atoms with Crippen molar-refractivity contribution in [2.24, 2.45) is 10.8 Å². The standard InChI is InChI=1S/C27H32F2N6O6/c1-24(2,3)18(32-23(39)40-4)21(37)34-9-7-25(13-27(25,28)29)11-16(34)20(36)35-14-26(10-15(35)12-30)22(38)33-19-17(41-26)6-5-8-31-19/h5-6,8,15-16,18H,7,9-11,13-14H2,1-4H3,(H,32,39)(H,31,33,38)/t15-,16-,18+,25+,26+/m0/s1. The average molecular weight is 575 g/mol. The van der Waals surface area contributed by atoms with Gasteiger partial charge in [-0.25, -0.2) is 18.6 Å². The number of amides is 4.